The molecule has 9 N–H and O–H groups in total. The summed E-state index contributed by atoms with van der Waals surface area (Å²) in [7, 11) is 0. The maximum atomic E-state index is 14.1. The average molecular weight is 737 g/mol. The van der Waals surface area contributed by atoms with Crippen molar-refractivity contribution in [2.75, 3.05) is 39.3 Å². The summed E-state index contributed by atoms with van der Waals surface area (Å²) in [6.07, 6.45) is 2.54. The third-order valence-corrected chi connectivity index (χ3v) is 9.35. The highest BCUT2D eigenvalue weighted by molar-refractivity contribution is 5.94. The number of hydrogen-bond acceptors (Lipinski definition) is 9. The van der Waals surface area contributed by atoms with Crippen molar-refractivity contribution in [3.63, 3.8) is 0 Å². The van der Waals surface area contributed by atoms with Gasteiger partial charge in [-0.05, 0) is 69.0 Å². The number of nitrogens with zero attached hydrogens (tertiary/aromatic N) is 2. The van der Waals surface area contributed by atoms with Crippen molar-refractivity contribution in [3.05, 3.63) is 71.8 Å². The van der Waals surface area contributed by atoms with Crippen LogP contribution in [0.5, 0.6) is 0 Å². The van der Waals surface area contributed by atoms with Gasteiger partial charge in [0.25, 0.3) is 0 Å². The van der Waals surface area contributed by atoms with E-state index in [0.717, 1.165) is 11.1 Å². The normalized spacial score (nSPS) is 15.5. The Hall–Kier alpha value is -4.53. The topological polar surface area (TPSA) is 215 Å². The molecule has 1 aliphatic heterocycles. The first-order valence-electron chi connectivity index (χ1n) is 18.8. The number of esters is 1. The molecule has 2 aromatic carbocycles. The summed E-state index contributed by atoms with van der Waals surface area (Å²) in [5.41, 5.74) is 18.5. The Kier molecular flexibility index (Phi) is 17.7. The van der Waals surface area contributed by atoms with E-state index in [9.17, 15) is 24.0 Å². The summed E-state index contributed by atoms with van der Waals surface area (Å²) in [4.78, 5) is 71.2. The molecule has 1 saturated heterocycles. The number of nitrogens with one attached hydrogen (secondary N) is 3. The fraction of sp³-hybridized carbons (Fsp3) is 0.564. The molecule has 0 aliphatic carbocycles. The third kappa shape index (κ3) is 13.8. The lowest BCUT2D eigenvalue weighted by Crippen LogP contribution is -2.61. The highest BCUT2D eigenvalue weighted by Gasteiger charge is 2.41. The van der Waals surface area contributed by atoms with Gasteiger partial charge in [0.1, 0.15) is 23.7 Å². The summed E-state index contributed by atoms with van der Waals surface area (Å²) in [5.74, 6) is -1.81. The summed E-state index contributed by atoms with van der Waals surface area (Å²) < 4.78 is 5.15. The van der Waals surface area contributed by atoms with Crippen molar-refractivity contribution >= 4 is 29.7 Å². The van der Waals surface area contributed by atoms with Gasteiger partial charge in [0.2, 0.25) is 17.7 Å². The Bertz CT molecular complexity index is 1450. The molecule has 3 rings (SSSR count). The Balaban J connectivity index is 1.79. The molecule has 0 unspecified atom stereocenters. The van der Waals surface area contributed by atoms with Crippen LogP contribution in [0.1, 0.15) is 70.4 Å². The van der Waals surface area contributed by atoms with Crippen LogP contribution in [-0.2, 0) is 36.9 Å². The Morgan fingerprint density at radius 2 is 1.40 bits per heavy atom. The van der Waals surface area contributed by atoms with Crippen LogP contribution in [0.3, 0.4) is 0 Å². The van der Waals surface area contributed by atoms with Crippen LogP contribution < -0.4 is 33.2 Å². The first kappa shape index (κ1) is 42.9. The maximum absolute atomic E-state index is 14.1. The Morgan fingerprint density at radius 3 is 1.96 bits per heavy atom. The predicted octanol–water partition coefficient (Wildman–Crippen LogP) is 1.80. The summed E-state index contributed by atoms with van der Waals surface area (Å²) in [5, 5.41) is 8.72. The lowest BCUT2D eigenvalue weighted by Gasteiger charge is -2.38. The maximum Gasteiger partial charge on any atom is 0.326 e. The molecule has 1 fully saturated rings. The fourth-order valence-corrected chi connectivity index (χ4v) is 6.33. The Morgan fingerprint density at radius 1 is 0.811 bits per heavy atom. The van der Waals surface area contributed by atoms with E-state index < -0.39 is 47.5 Å². The first-order chi connectivity index (χ1) is 25.4. The van der Waals surface area contributed by atoms with Gasteiger partial charge in [-0.2, -0.15) is 0 Å². The van der Waals surface area contributed by atoms with E-state index in [1.165, 1.54) is 0 Å². The van der Waals surface area contributed by atoms with E-state index in [1.807, 2.05) is 74.5 Å². The molecule has 14 nitrogen and oxygen atoms in total. The molecule has 0 saturated carbocycles. The monoisotopic (exact) mass is 736 g/mol. The molecule has 0 spiro atoms. The summed E-state index contributed by atoms with van der Waals surface area (Å²) in [6.45, 7) is 7.49. The van der Waals surface area contributed by atoms with Crippen LogP contribution in [0, 0.1) is 5.92 Å². The minimum atomic E-state index is -1.17. The quantitative estimate of drug-likeness (QED) is 0.0862. The van der Waals surface area contributed by atoms with Crippen LogP contribution >= 0.6 is 0 Å². The molecule has 14 heteroatoms. The third-order valence-electron chi connectivity index (χ3n) is 9.35. The molecular weight excluding hydrogens is 676 g/mol. The van der Waals surface area contributed by atoms with E-state index >= 15 is 0 Å². The van der Waals surface area contributed by atoms with Crippen molar-refractivity contribution in [1.82, 2.24) is 25.8 Å². The van der Waals surface area contributed by atoms with Crippen LogP contribution in [0.15, 0.2) is 60.7 Å². The minimum Gasteiger partial charge on any atom is -0.465 e. The average Bonchev–Trinajstić information content (AvgIpc) is 3.14. The minimum absolute atomic E-state index is 0.00757. The number of benzene rings is 2. The van der Waals surface area contributed by atoms with Gasteiger partial charge in [-0.25, -0.2) is 4.79 Å². The standard InChI is InChI=1S/C39H60N8O6/c1-4-53-37(51)39(42)18-22-46(23-19-39)36(50)31(17-11-12-20-40)43-34(48)32(25-28(2)3)44-35(49)33(26-29-13-7-5-8-14-29)45-38(52)47(24-21-41)27-30-15-9-6-10-16-30/h5-10,13-16,28,31-33H,4,11-12,17-27,40-42H2,1-3H3,(H,43,48)(H,44,49)(H,45,52)/t31-,32-,33-/m1/s1. The second-order valence-electron chi connectivity index (χ2n) is 14.1. The van der Waals surface area contributed by atoms with Gasteiger partial charge in [0.05, 0.1) is 6.61 Å². The van der Waals surface area contributed by atoms with Crippen LogP contribution in [-0.4, -0.2) is 103 Å². The molecule has 3 atom stereocenters. The summed E-state index contributed by atoms with van der Waals surface area (Å²) >= 11 is 0. The Labute approximate surface area is 313 Å². The van der Waals surface area contributed by atoms with Crippen molar-refractivity contribution < 1.29 is 28.7 Å². The molecule has 1 heterocycles. The smallest absolute Gasteiger partial charge is 0.326 e. The van der Waals surface area contributed by atoms with Gasteiger partial charge in [-0.1, -0.05) is 74.5 Å². The molecule has 292 valence electrons. The van der Waals surface area contributed by atoms with Crippen molar-refractivity contribution in [2.45, 2.75) is 95.9 Å². The van der Waals surface area contributed by atoms with Crippen LogP contribution in [0.4, 0.5) is 4.79 Å². The van der Waals surface area contributed by atoms with Crippen LogP contribution in [0.2, 0.25) is 0 Å². The second-order valence-corrected chi connectivity index (χ2v) is 14.1. The number of amides is 5. The predicted molar refractivity (Wildman–Crippen MR) is 204 cm³/mol. The number of carbonyl (C=O) groups is 5. The number of ether oxygens (including phenoxy) is 1. The molecule has 2 aromatic rings. The second kappa shape index (κ2) is 21.9. The largest absolute Gasteiger partial charge is 0.465 e. The molecule has 1 aliphatic rings. The van der Waals surface area contributed by atoms with E-state index in [0.29, 0.717) is 38.8 Å². The molecule has 0 aromatic heterocycles. The summed E-state index contributed by atoms with van der Waals surface area (Å²) in [6, 6.07) is 15.4. The van der Waals surface area contributed by atoms with E-state index in [1.54, 1.807) is 16.7 Å². The lowest BCUT2D eigenvalue weighted by molar-refractivity contribution is -0.153. The zero-order valence-corrected chi connectivity index (χ0v) is 31.6. The van der Waals surface area contributed by atoms with Crippen molar-refractivity contribution in [2.24, 2.45) is 23.1 Å². The van der Waals surface area contributed by atoms with E-state index in [4.69, 9.17) is 21.9 Å². The number of nitrogens with two attached hydrogens (primary N) is 3. The number of rotatable bonds is 20. The zero-order valence-electron chi connectivity index (χ0n) is 31.6. The van der Waals surface area contributed by atoms with Crippen molar-refractivity contribution in [3.8, 4) is 0 Å². The molecule has 0 radical (unpaired) electrons. The van der Waals surface area contributed by atoms with Crippen molar-refractivity contribution in [1.29, 1.82) is 0 Å². The molecule has 5 amide bonds. The fourth-order valence-electron chi connectivity index (χ4n) is 6.33. The van der Waals surface area contributed by atoms with E-state index in [2.05, 4.69) is 16.0 Å². The van der Waals surface area contributed by atoms with Gasteiger partial charge >= 0.3 is 12.0 Å². The first-order valence-corrected chi connectivity index (χ1v) is 18.8. The number of carbonyl (C=O) groups excluding carboxylic acids is 5. The molecule has 53 heavy (non-hydrogen) atoms. The SMILES string of the molecule is CCOC(=O)C1(N)CCN(C(=O)[C@@H](CCCCN)NC(=O)[C@@H](CC(C)C)NC(=O)[C@@H](Cc2ccccc2)NC(=O)N(CCN)Cc2ccccc2)CC1. The highest BCUT2D eigenvalue weighted by atomic mass is 16.5. The van der Waals surface area contributed by atoms with Gasteiger partial charge in [-0.15, -0.1) is 0 Å². The molecule has 0 bridgehead atoms. The lowest BCUT2D eigenvalue weighted by atomic mass is 9.88. The van der Waals surface area contributed by atoms with Gasteiger partial charge in [0, 0.05) is 39.1 Å². The number of piperidine rings is 1. The molecular formula is C39H60N8O6. The number of likely N-dealkylation sites (tertiary alicyclic amines) is 1. The van der Waals surface area contributed by atoms with Gasteiger partial charge in [0.15, 0.2) is 0 Å². The van der Waals surface area contributed by atoms with Gasteiger partial charge < -0.3 is 47.7 Å². The van der Waals surface area contributed by atoms with Gasteiger partial charge in [-0.3, -0.25) is 19.2 Å². The van der Waals surface area contributed by atoms with Crippen LogP contribution in [0.25, 0.3) is 0 Å². The number of hydrogen-bond donors (Lipinski definition) is 6. The zero-order chi connectivity index (χ0) is 38.8. The number of urea groups is 1. The van der Waals surface area contributed by atoms with E-state index in [-0.39, 0.29) is 63.9 Å². The number of unbranched alkanes of at least 4 members (excludes halogenated alkanes) is 1. The highest BCUT2D eigenvalue weighted by Crippen LogP contribution is 2.23.